The van der Waals surface area contributed by atoms with Crippen LogP contribution in [-0.4, -0.2) is 0 Å². The molecule has 0 heterocycles. The van der Waals surface area contributed by atoms with Crippen molar-refractivity contribution < 1.29 is 17.1 Å². The third kappa shape index (κ3) is 2.44. The molecule has 0 unspecified atom stereocenters. The first-order valence-corrected chi connectivity index (χ1v) is 1.83. The molecule has 0 amide bonds. The number of hydrogen-bond acceptors (Lipinski definition) is 0. The van der Waals surface area contributed by atoms with Gasteiger partial charge in [0.1, 0.15) is 0 Å². The first-order valence-electron chi connectivity index (χ1n) is 1.83. The van der Waals surface area contributed by atoms with Crippen molar-refractivity contribution in [2.75, 3.05) is 0 Å². The second kappa shape index (κ2) is 3.91. The fraction of sp³-hybridized carbons (Fsp3) is 0. The second-order valence-electron chi connectivity index (χ2n) is 1.01. The van der Waals surface area contributed by atoms with Gasteiger partial charge in [0.25, 0.3) is 0 Å². The maximum Gasteiger partial charge on any atom is 0 e. The molecule has 1 aromatic rings. The van der Waals surface area contributed by atoms with Crippen LogP contribution in [0.5, 0.6) is 0 Å². The molecule has 1 radical (unpaired) electrons. The van der Waals surface area contributed by atoms with Crippen LogP contribution in [-0.2, 0) is 17.1 Å². The van der Waals surface area contributed by atoms with Crippen LogP contribution in [0.4, 0.5) is 0 Å². The van der Waals surface area contributed by atoms with Crippen LogP contribution >= 0.6 is 0 Å². The predicted octanol–water partition coefficient (Wildman–Crippen LogP) is 1.28. The molecule has 7 heavy (non-hydrogen) atoms. The van der Waals surface area contributed by atoms with Crippen LogP contribution in [0.25, 0.3) is 0 Å². The molecule has 0 spiro atoms. The molecular formula is C6H4Fe-. The molecular weight excluding hydrogens is 128 g/mol. The Kier molecular flexibility index (Phi) is 3.77. The van der Waals surface area contributed by atoms with Crippen molar-refractivity contribution >= 4 is 0 Å². The van der Waals surface area contributed by atoms with Crippen LogP contribution in [0, 0.1) is 12.1 Å². The molecule has 0 saturated heterocycles. The molecule has 0 nitrogen and oxygen atoms in total. The molecule has 1 rings (SSSR count). The van der Waals surface area contributed by atoms with Gasteiger partial charge in [-0.1, -0.05) is 0 Å². The fourth-order valence-corrected chi connectivity index (χ4v) is 0.304. The molecule has 37 valence electrons. The van der Waals surface area contributed by atoms with Crippen molar-refractivity contribution in [3.63, 3.8) is 0 Å². The summed E-state index contributed by atoms with van der Waals surface area (Å²) in [6.45, 7) is 0. The summed E-state index contributed by atoms with van der Waals surface area (Å²) in [6.07, 6.45) is 0. The van der Waals surface area contributed by atoms with Crippen molar-refractivity contribution in [1.82, 2.24) is 0 Å². The van der Waals surface area contributed by atoms with Crippen molar-refractivity contribution in [3.8, 4) is 0 Å². The minimum Gasteiger partial charge on any atom is -0.178 e. The van der Waals surface area contributed by atoms with Crippen molar-refractivity contribution in [2.45, 2.75) is 0 Å². The van der Waals surface area contributed by atoms with Gasteiger partial charge < -0.3 is 0 Å². The van der Waals surface area contributed by atoms with Crippen molar-refractivity contribution in [2.24, 2.45) is 0 Å². The Hall–Kier alpha value is -0.261. The second-order valence-corrected chi connectivity index (χ2v) is 1.01. The predicted molar refractivity (Wildman–Crippen MR) is 24.1 cm³/mol. The quantitative estimate of drug-likeness (QED) is 0.368. The van der Waals surface area contributed by atoms with E-state index in [1.165, 1.54) is 0 Å². The zero-order chi connectivity index (χ0) is 4.24. The van der Waals surface area contributed by atoms with E-state index >= 15 is 0 Å². The summed E-state index contributed by atoms with van der Waals surface area (Å²) < 4.78 is 0. The Balaban J connectivity index is 0.000000360. The van der Waals surface area contributed by atoms with Crippen LogP contribution in [0.15, 0.2) is 24.3 Å². The largest absolute Gasteiger partial charge is 0.178 e. The molecule has 0 aliphatic rings. The van der Waals surface area contributed by atoms with E-state index in [1.807, 2.05) is 24.3 Å². The minimum atomic E-state index is 0. The molecule has 1 aromatic carbocycles. The first-order chi connectivity index (χ1) is 3.00. The van der Waals surface area contributed by atoms with Gasteiger partial charge in [0, 0.05) is 17.1 Å². The zero-order valence-electron chi connectivity index (χ0n) is 3.66. The Morgan fingerprint density at radius 3 is 2.29 bits per heavy atom. The van der Waals surface area contributed by atoms with Crippen LogP contribution in [0.1, 0.15) is 0 Å². The summed E-state index contributed by atoms with van der Waals surface area (Å²) in [7, 11) is 0. The standard InChI is InChI=1S/C6H4.Fe/c1-2-4-6-5-3-1;/h1-4H;/q-1;. The zero-order valence-corrected chi connectivity index (χ0v) is 4.77. The average Bonchev–Trinajstić information content (AvgIpc) is 1.72. The van der Waals surface area contributed by atoms with Gasteiger partial charge in [-0.15, -0.1) is 0 Å². The normalized spacial score (nSPS) is 6.86. The maximum atomic E-state index is 2.77. The van der Waals surface area contributed by atoms with Crippen LogP contribution in [0.3, 0.4) is 0 Å². The number of benzene rings is 1. The Bertz CT molecular complexity index is 76.1. The average molecular weight is 132 g/mol. The van der Waals surface area contributed by atoms with Crippen molar-refractivity contribution in [1.29, 1.82) is 0 Å². The summed E-state index contributed by atoms with van der Waals surface area (Å²) in [4.78, 5) is 0. The molecule has 0 N–H and O–H groups in total. The monoisotopic (exact) mass is 132 g/mol. The van der Waals surface area contributed by atoms with E-state index in [1.54, 1.807) is 0 Å². The minimum absolute atomic E-state index is 0. The van der Waals surface area contributed by atoms with Gasteiger partial charge in [0.15, 0.2) is 0 Å². The van der Waals surface area contributed by atoms with E-state index in [-0.39, 0.29) is 17.1 Å². The summed E-state index contributed by atoms with van der Waals surface area (Å²) in [5.74, 6) is 0. The van der Waals surface area contributed by atoms with E-state index in [2.05, 4.69) is 12.1 Å². The molecule has 0 bridgehead atoms. The third-order valence-corrected chi connectivity index (χ3v) is 0.554. The van der Waals surface area contributed by atoms with Gasteiger partial charge in [-0.2, -0.15) is 36.4 Å². The van der Waals surface area contributed by atoms with Crippen LogP contribution < -0.4 is 0 Å². The molecule has 0 aromatic heterocycles. The molecule has 0 atom stereocenters. The van der Waals surface area contributed by atoms with Gasteiger partial charge in [-0.05, 0) is 0 Å². The maximum absolute atomic E-state index is 2.77. The van der Waals surface area contributed by atoms with Gasteiger partial charge in [-0.3, -0.25) is 0 Å². The van der Waals surface area contributed by atoms with E-state index < -0.39 is 0 Å². The Labute approximate surface area is 54.0 Å². The summed E-state index contributed by atoms with van der Waals surface area (Å²) in [5.41, 5.74) is 0. The molecule has 0 fully saturated rings. The smallest absolute Gasteiger partial charge is 0 e. The van der Waals surface area contributed by atoms with Crippen molar-refractivity contribution in [3.05, 3.63) is 36.4 Å². The van der Waals surface area contributed by atoms with E-state index in [0.29, 0.717) is 0 Å². The van der Waals surface area contributed by atoms with Gasteiger partial charge in [-0.25, -0.2) is 0 Å². The van der Waals surface area contributed by atoms with E-state index in [9.17, 15) is 0 Å². The molecule has 0 saturated carbocycles. The van der Waals surface area contributed by atoms with Gasteiger partial charge in [0.05, 0.1) is 0 Å². The summed E-state index contributed by atoms with van der Waals surface area (Å²) in [6, 6.07) is 13.0. The number of hydrogen-bond donors (Lipinski definition) is 0. The molecule has 1 heteroatoms. The fourth-order valence-electron chi connectivity index (χ4n) is 0.304. The number of rotatable bonds is 0. The van der Waals surface area contributed by atoms with Crippen LogP contribution in [0.2, 0.25) is 0 Å². The van der Waals surface area contributed by atoms with Gasteiger partial charge >= 0.3 is 0 Å². The topological polar surface area (TPSA) is 0 Å². The Morgan fingerprint density at radius 2 is 2.14 bits per heavy atom. The van der Waals surface area contributed by atoms with E-state index in [4.69, 9.17) is 0 Å². The van der Waals surface area contributed by atoms with Gasteiger partial charge in [0.2, 0.25) is 0 Å². The molecule has 0 aliphatic heterocycles. The first kappa shape index (κ1) is 6.74. The van der Waals surface area contributed by atoms with E-state index in [0.717, 1.165) is 0 Å². The summed E-state index contributed by atoms with van der Waals surface area (Å²) >= 11 is 0. The summed E-state index contributed by atoms with van der Waals surface area (Å²) in [5, 5.41) is 0. The third-order valence-electron chi connectivity index (χ3n) is 0.554. The SMILES string of the molecule is [Fe].[c]1[c-]cccc1. The molecule has 0 aliphatic carbocycles. The Morgan fingerprint density at radius 1 is 1.29 bits per heavy atom.